The number of nitrogens with zero attached hydrogens (tertiary/aromatic N) is 3. The van der Waals surface area contributed by atoms with Crippen LogP contribution in [-0.2, 0) is 18.4 Å². The topological polar surface area (TPSA) is 86.0 Å². The van der Waals surface area contributed by atoms with Crippen LogP contribution in [0.25, 0.3) is 11.0 Å². The van der Waals surface area contributed by atoms with E-state index in [2.05, 4.69) is 10.3 Å². The molecule has 3 rings (SSSR count). The number of nitrogens with one attached hydrogen (secondary N) is 1. The van der Waals surface area contributed by atoms with Crippen molar-refractivity contribution in [3.05, 3.63) is 68.2 Å². The predicted octanol–water partition coefficient (Wildman–Crippen LogP) is 1.49. The summed E-state index contributed by atoms with van der Waals surface area (Å²) in [6, 6.07) is 7.39. The molecule has 2 heterocycles. The van der Waals surface area contributed by atoms with Gasteiger partial charge in [0.1, 0.15) is 18.0 Å². The van der Waals surface area contributed by atoms with Gasteiger partial charge in [-0.1, -0.05) is 12.1 Å². The third-order valence-corrected chi connectivity index (χ3v) is 4.07. The lowest BCUT2D eigenvalue weighted by Crippen LogP contribution is -2.42. The van der Waals surface area contributed by atoms with Crippen LogP contribution in [0.5, 0.6) is 0 Å². The number of hydrogen-bond acceptors (Lipinski definition) is 4. The molecular weight excluding hydrogens is 339 g/mol. The largest absolute Gasteiger partial charge is 0.332 e. The average Bonchev–Trinajstić information content (AvgIpc) is 2.58. The maximum absolute atomic E-state index is 13.7. The van der Waals surface area contributed by atoms with Crippen molar-refractivity contribution in [2.75, 3.05) is 5.32 Å². The number of fused-ring (bicyclic) bond motifs is 1. The van der Waals surface area contributed by atoms with Gasteiger partial charge in [0, 0.05) is 12.7 Å². The first-order valence-corrected chi connectivity index (χ1v) is 7.91. The Balaban J connectivity index is 2.06. The quantitative estimate of drug-likeness (QED) is 0.770. The first kappa shape index (κ1) is 17.5. The SMILES string of the molecule is Cc1cc(C)c2c(=O)n(CC(=O)Nc3ccccc3F)c(=O)n(C)c2n1. The van der Waals surface area contributed by atoms with Crippen LogP contribution >= 0.6 is 0 Å². The molecule has 3 aromatic rings. The molecule has 0 aliphatic rings. The van der Waals surface area contributed by atoms with E-state index >= 15 is 0 Å². The number of halogens is 1. The lowest BCUT2D eigenvalue weighted by atomic mass is 10.2. The van der Waals surface area contributed by atoms with Gasteiger partial charge < -0.3 is 5.32 Å². The maximum Gasteiger partial charge on any atom is 0.332 e. The zero-order valence-electron chi connectivity index (χ0n) is 14.5. The van der Waals surface area contributed by atoms with Gasteiger partial charge in [-0.15, -0.1) is 0 Å². The minimum Gasteiger partial charge on any atom is -0.322 e. The van der Waals surface area contributed by atoms with Crippen molar-refractivity contribution in [3.8, 4) is 0 Å². The number of carbonyl (C=O) groups excluding carboxylic acids is 1. The molecule has 1 N–H and O–H groups in total. The Morgan fingerprint density at radius 2 is 1.92 bits per heavy atom. The summed E-state index contributed by atoms with van der Waals surface area (Å²) in [7, 11) is 1.49. The van der Waals surface area contributed by atoms with Crippen molar-refractivity contribution in [2.24, 2.45) is 7.05 Å². The number of rotatable bonds is 3. The fraction of sp³-hybridized carbons (Fsp3) is 0.222. The van der Waals surface area contributed by atoms with Gasteiger partial charge in [0.2, 0.25) is 5.91 Å². The molecule has 8 heteroatoms. The van der Waals surface area contributed by atoms with Crippen molar-refractivity contribution in [1.29, 1.82) is 0 Å². The highest BCUT2D eigenvalue weighted by Gasteiger charge is 2.17. The molecule has 0 atom stereocenters. The highest BCUT2D eigenvalue weighted by atomic mass is 19.1. The Kier molecular flexibility index (Phi) is 4.41. The maximum atomic E-state index is 13.7. The molecule has 1 amide bonds. The van der Waals surface area contributed by atoms with Gasteiger partial charge in [0.25, 0.3) is 5.56 Å². The van der Waals surface area contributed by atoms with Gasteiger partial charge in [-0.2, -0.15) is 0 Å². The van der Waals surface area contributed by atoms with E-state index < -0.39 is 29.5 Å². The van der Waals surface area contributed by atoms with Gasteiger partial charge >= 0.3 is 5.69 Å². The second-order valence-electron chi connectivity index (χ2n) is 6.04. The number of anilines is 1. The smallest absolute Gasteiger partial charge is 0.322 e. The summed E-state index contributed by atoms with van der Waals surface area (Å²) in [6.07, 6.45) is 0. The molecule has 2 aromatic heterocycles. The van der Waals surface area contributed by atoms with Gasteiger partial charge in [-0.3, -0.25) is 18.7 Å². The van der Waals surface area contributed by atoms with E-state index in [1.807, 2.05) is 0 Å². The van der Waals surface area contributed by atoms with Gasteiger partial charge in [0.05, 0.1) is 11.1 Å². The molecule has 0 fully saturated rings. The molecule has 0 saturated carbocycles. The zero-order valence-corrected chi connectivity index (χ0v) is 14.5. The molecular formula is C18H17FN4O3. The number of para-hydroxylation sites is 1. The number of aryl methyl sites for hydroxylation is 3. The second-order valence-corrected chi connectivity index (χ2v) is 6.04. The third kappa shape index (κ3) is 3.01. The van der Waals surface area contributed by atoms with Crippen LogP contribution < -0.4 is 16.6 Å². The van der Waals surface area contributed by atoms with E-state index in [1.54, 1.807) is 26.0 Å². The Morgan fingerprint density at radius 3 is 2.62 bits per heavy atom. The third-order valence-electron chi connectivity index (χ3n) is 4.07. The minimum absolute atomic E-state index is 0.0170. The van der Waals surface area contributed by atoms with Crippen molar-refractivity contribution >= 4 is 22.6 Å². The Bertz CT molecular complexity index is 1150. The van der Waals surface area contributed by atoms with Crippen molar-refractivity contribution in [2.45, 2.75) is 20.4 Å². The van der Waals surface area contributed by atoms with Crippen LogP contribution in [0, 0.1) is 19.7 Å². The van der Waals surface area contributed by atoms with Gasteiger partial charge in [-0.05, 0) is 37.6 Å². The Morgan fingerprint density at radius 1 is 1.23 bits per heavy atom. The summed E-state index contributed by atoms with van der Waals surface area (Å²) in [5, 5.41) is 2.64. The number of carbonyl (C=O) groups is 1. The molecule has 0 radical (unpaired) electrons. The van der Waals surface area contributed by atoms with E-state index in [0.717, 1.165) is 4.57 Å². The summed E-state index contributed by atoms with van der Waals surface area (Å²) in [4.78, 5) is 41.7. The normalized spacial score (nSPS) is 10.9. The molecule has 0 aliphatic heterocycles. The number of amides is 1. The second kappa shape index (κ2) is 6.55. The summed E-state index contributed by atoms with van der Waals surface area (Å²) >= 11 is 0. The van der Waals surface area contributed by atoms with Crippen LogP contribution in [0.15, 0.2) is 39.9 Å². The van der Waals surface area contributed by atoms with Crippen molar-refractivity contribution in [3.63, 3.8) is 0 Å². The van der Waals surface area contributed by atoms with Crippen LogP contribution in [0.3, 0.4) is 0 Å². The zero-order chi connectivity index (χ0) is 19.0. The van der Waals surface area contributed by atoms with Crippen LogP contribution in [-0.4, -0.2) is 20.0 Å². The summed E-state index contributed by atoms with van der Waals surface area (Å²) in [5.74, 6) is -1.28. The molecule has 0 aliphatic carbocycles. The number of pyridine rings is 1. The highest BCUT2D eigenvalue weighted by Crippen LogP contribution is 2.13. The summed E-state index contributed by atoms with van der Waals surface area (Å²) in [6.45, 7) is 2.99. The van der Waals surface area contributed by atoms with Crippen LogP contribution in [0.2, 0.25) is 0 Å². The lowest BCUT2D eigenvalue weighted by Gasteiger charge is -2.12. The van der Waals surface area contributed by atoms with Crippen molar-refractivity contribution in [1.82, 2.24) is 14.1 Å². The first-order chi connectivity index (χ1) is 12.3. The molecule has 0 spiro atoms. The van der Waals surface area contributed by atoms with Crippen molar-refractivity contribution < 1.29 is 9.18 Å². The highest BCUT2D eigenvalue weighted by molar-refractivity contribution is 5.90. The van der Waals surface area contributed by atoms with Crippen LogP contribution in [0.4, 0.5) is 10.1 Å². The van der Waals surface area contributed by atoms with E-state index in [1.165, 1.54) is 29.8 Å². The predicted molar refractivity (Wildman–Crippen MR) is 95.7 cm³/mol. The number of hydrogen-bond donors (Lipinski definition) is 1. The fourth-order valence-corrected chi connectivity index (χ4v) is 2.85. The summed E-state index contributed by atoms with van der Waals surface area (Å²) in [5.41, 5.74) is 0.330. The summed E-state index contributed by atoms with van der Waals surface area (Å²) < 4.78 is 15.7. The molecule has 0 saturated heterocycles. The molecule has 26 heavy (non-hydrogen) atoms. The fourth-order valence-electron chi connectivity index (χ4n) is 2.85. The monoisotopic (exact) mass is 356 g/mol. The van der Waals surface area contributed by atoms with E-state index in [-0.39, 0.29) is 16.7 Å². The van der Waals surface area contributed by atoms with Crippen LogP contribution in [0.1, 0.15) is 11.3 Å². The van der Waals surface area contributed by atoms with E-state index in [4.69, 9.17) is 0 Å². The molecule has 0 unspecified atom stereocenters. The Hall–Kier alpha value is -3.29. The molecule has 0 bridgehead atoms. The van der Waals surface area contributed by atoms with Gasteiger partial charge in [-0.25, -0.2) is 14.2 Å². The molecule has 1 aromatic carbocycles. The lowest BCUT2D eigenvalue weighted by molar-refractivity contribution is -0.116. The molecule has 7 nitrogen and oxygen atoms in total. The van der Waals surface area contributed by atoms with Gasteiger partial charge in [0.15, 0.2) is 0 Å². The Labute approximate surface area is 147 Å². The number of aromatic nitrogens is 3. The number of benzene rings is 1. The first-order valence-electron chi connectivity index (χ1n) is 7.91. The average molecular weight is 356 g/mol. The molecule has 134 valence electrons. The van der Waals surface area contributed by atoms with E-state index in [0.29, 0.717) is 11.3 Å². The van der Waals surface area contributed by atoms with E-state index in [9.17, 15) is 18.8 Å². The minimum atomic E-state index is -0.675. The standard InChI is InChI=1S/C18H17FN4O3/c1-10-8-11(2)20-16-15(10)17(25)23(18(26)22(16)3)9-14(24)21-13-7-5-4-6-12(13)19/h4-8H,9H2,1-3H3,(H,21,24).